The molecule has 1 aromatic rings. The van der Waals surface area contributed by atoms with Crippen LogP contribution in [0.4, 0.5) is 0 Å². The number of piperidine rings is 1. The van der Waals surface area contributed by atoms with E-state index in [1.54, 1.807) is 0 Å². The van der Waals surface area contributed by atoms with Crippen molar-refractivity contribution >= 4 is 5.91 Å². The molecule has 0 spiro atoms. The summed E-state index contributed by atoms with van der Waals surface area (Å²) in [4.78, 5) is 15.0. The molecule has 1 amide bonds. The highest BCUT2D eigenvalue weighted by Gasteiger charge is 2.24. The van der Waals surface area contributed by atoms with Gasteiger partial charge in [0.25, 0.3) is 5.91 Å². The van der Waals surface area contributed by atoms with Gasteiger partial charge < -0.3 is 10.2 Å². The predicted molar refractivity (Wildman–Crippen MR) is 94.7 cm³/mol. The Hall–Kier alpha value is -1.35. The lowest BCUT2D eigenvalue weighted by molar-refractivity contribution is 0.0901. The van der Waals surface area contributed by atoms with Crippen LogP contribution in [0.1, 0.15) is 60.9 Å². The molecule has 3 rings (SSSR count). The molecule has 1 aromatic carbocycles. The fraction of sp³-hybridized carbons (Fsp3) is 0.650. The number of hydrogen-bond donors (Lipinski definition) is 1. The average molecular weight is 314 g/mol. The van der Waals surface area contributed by atoms with Crippen LogP contribution in [-0.2, 0) is 0 Å². The maximum Gasteiger partial charge on any atom is 0.251 e. The monoisotopic (exact) mass is 314 g/mol. The summed E-state index contributed by atoms with van der Waals surface area (Å²) in [5, 5.41) is 3.23. The van der Waals surface area contributed by atoms with Crippen LogP contribution in [0.2, 0.25) is 0 Å². The summed E-state index contributed by atoms with van der Waals surface area (Å²) in [5.41, 5.74) is 1.87. The van der Waals surface area contributed by atoms with Gasteiger partial charge in [-0.25, -0.2) is 0 Å². The van der Waals surface area contributed by atoms with Crippen molar-refractivity contribution in [3.8, 4) is 0 Å². The number of aryl methyl sites for hydroxylation is 1. The molecule has 2 aliphatic rings. The van der Waals surface area contributed by atoms with E-state index in [2.05, 4.69) is 10.2 Å². The number of carbonyl (C=O) groups is 1. The minimum Gasteiger partial charge on any atom is -0.349 e. The molecular formula is C20H30N2O. The van der Waals surface area contributed by atoms with Crippen molar-refractivity contribution in [1.29, 1.82) is 0 Å². The Morgan fingerprint density at radius 3 is 2.48 bits per heavy atom. The Morgan fingerprint density at radius 2 is 1.78 bits per heavy atom. The van der Waals surface area contributed by atoms with E-state index in [0.29, 0.717) is 6.04 Å². The number of amides is 1. The third kappa shape index (κ3) is 4.57. The van der Waals surface area contributed by atoms with Crippen molar-refractivity contribution in [2.24, 2.45) is 5.92 Å². The van der Waals surface area contributed by atoms with Crippen molar-refractivity contribution in [1.82, 2.24) is 10.2 Å². The van der Waals surface area contributed by atoms with E-state index in [-0.39, 0.29) is 5.91 Å². The van der Waals surface area contributed by atoms with E-state index in [4.69, 9.17) is 0 Å². The lowest BCUT2D eigenvalue weighted by Crippen LogP contribution is -2.46. The zero-order valence-electron chi connectivity index (χ0n) is 14.4. The van der Waals surface area contributed by atoms with Gasteiger partial charge in [0, 0.05) is 31.2 Å². The van der Waals surface area contributed by atoms with Gasteiger partial charge >= 0.3 is 0 Å². The van der Waals surface area contributed by atoms with E-state index in [1.165, 1.54) is 38.6 Å². The summed E-state index contributed by atoms with van der Waals surface area (Å²) >= 11 is 0. The van der Waals surface area contributed by atoms with E-state index < -0.39 is 0 Å². The van der Waals surface area contributed by atoms with Crippen LogP contribution in [0.15, 0.2) is 24.3 Å². The van der Waals surface area contributed by atoms with Gasteiger partial charge in [0.05, 0.1) is 0 Å². The van der Waals surface area contributed by atoms with Gasteiger partial charge in [0.1, 0.15) is 0 Å². The number of benzene rings is 1. The molecule has 1 aliphatic heterocycles. The van der Waals surface area contributed by atoms with Gasteiger partial charge in [-0.1, -0.05) is 37.5 Å². The molecule has 0 aromatic heterocycles. The summed E-state index contributed by atoms with van der Waals surface area (Å²) in [6, 6.07) is 8.18. The molecular weight excluding hydrogens is 284 g/mol. The van der Waals surface area contributed by atoms with E-state index in [9.17, 15) is 4.79 Å². The van der Waals surface area contributed by atoms with Crippen LogP contribution >= 0.6 is 0 Å². The van der Waals surface area contributed by atoms with Crippen molar-refractivity contribution in [3.05, 3.63) is 35.4 Å². The lowest BCUT2D eigenvalue weighted by atomic mass is 9.88. The first kappa shape index (κ1) is 16.5. The van der Waals surface area contributed by atoms with Crippen molar-refractivity contribution in [2.75, 3.05) is 19.6 Å². The van der Waals surface area contributed by atoms with Crippen LogP contribution in [0.5, 0.6) is 0 Å². The number of hydrogen-bond acceptors (Lipinski definition) is 2. The Morgan fingerprint density at radius 1 is 1.09 bits per heavy atom. The van der Waals surface area contributed by atoms with Gasteiger partial charge in [-0.3, -0.25) is 4.79 Å². The minimum absolute atomic E-state index is 0.0915. The molecule has 0 radical (unpaired) electrons. The second-order valence-electron chi connectivity index (χ2n) is 7.37. The first-order valence-electron chi connectivity index (χ1n) is 9.31. The SMILES string of the molecule is Cc1ccccc1C(=O)NC1CCN(CC2CCCCC2)CC1. The molecule has 3 nitrogen and oxygen atoms in total. The molecule has 0 atom stereocenters. The van der Waals surface area contributed by atoms with E-state index >= 15 is 0 Å². The first-order valence-corrected chi connectivity index (χ1v) is 9.31. The molecule has 126 valence electrons. The van der Waals surface area contributed by atoms with E-state index in [1.807, 2.05) is 31.2 Å². The van der Waals surface area contributed by atoms with Crippen LogP contribution in [-0.4, -0.2) is 36.5 Å². The third-order valence-electron chi connectivity index (χ3n) is 5.55. The molecule has 1 N–H and O–H groups in total. The summed E-state index contributed by atoms with van der Waals surface area (Å²) in [6.07, 6.45) is 9.30. The molecule has 1 heterocycles. The molecule has 23 heavy (non-hydrogen) atoms. The molecule has 2 fully saturated rings. The first-order chi connectivity index (χ1) is 11.2. The highest BCUT2D eigenvalue weighted by atomic mass is 16.1. The van der Waals surface area contributed by atoms with Crippen molar-refractivity contribution < 1.29 is 4.79 Å². The van der Waals surface area contributed by atoms with Gasteiger partial charge in [-0.2, -0.15) is 0 Å². The van der Waals surface area contributed by atoms with Crippen LogP contribution in [0, 0.1) is 12.8 Å². The number of carbonyl (C=O) groups excluding carboxylic acids is 1. The van der Waals surface area contributed by atoms with Crippen LogP contribution in [0.25, 0.3) is 0 Å². The number of rotatable bonds is 4. The molecule has 1 aliphatic carbocycles. The molecule has 1 saturated carbocycles. The van der Waals surface area contributed by atoms with Crippen LogP contribution < -0.4 is 5.32 Å². The van der Waals surface area contributed by atoms with Crippen molar-refractivity contribution in [2.45, 2.75) is 57.9 Å². The van der Waals surface area contributed by atoms with Gasteiger partial charge in [-0.05, 0) is 50.2 Å². The van der Waals surface area contributed by atoms with Crippen LogP contribution in [0.3, 0.4) is 0 Å². The summed E-state index contributed by atoms with van der Waals surface area (Å²) in [6.45, 7) is 5.55. The fourth-order valence-electron chi connectivity index (χ4n) is 4.09. The van der Waals surface area contributed by atoms with Crippen molar-refractivity contribution in [3.63, 3.8) is 0 Å². The molecule has 1 saturated heterocycles. The minimum atomic E-state index is 0.0915. The number of likely N-dealkylation sites (tertiary alicyclic amines) is 1. The highest BCUT2D eigenvalue weighted by Crippen LogP contribution is 2.25. The Labute approximate surface area is 140 Å². The normalized spacial score (nSPS) is 21.3. The highest BCUT2D eigenvalue weighted by molar-refractivity contribution is 5.95. The average Bonchev–Trinajstić information content (AvgIpc) is 2.58. The molecule has 0 bridgehead atoms. The predicted octanol–water partition coefficient (Wildman–Crippen LogP) is 3.77. The maximum absolute atomic E-state index is 12.4. The largest absolute Gasteiger partial charge is 0.349 e. The summed E-state index contributed by atoms with van der Waals surface area (Å²) < 4.78 is 0. The van der Waals surface area contributed by atoms with E-state index in [0.717, 1.165) is 43.0 Å². The molecule has 3 heteroatoms. The Balaban J connectivity index is 1.44. The van der Waals surface area contributed by atoms with Gasteiger partial charge in [0.15, 0.2) is 0 Å². The standard InChI is InChI=1S/C20H30N2O/c1-16-7-5-6-10-19(16)20(23)21-18-11-13-22(14-12-18)15-17-8-3-2-4-9-17/h5-7,10,17-18H,2-4,8-9,11-15H2,1H3,(H,21,23). The summed E-state index contributed by atoms with van der Waals surface area (Å²) in [5.74, 6) is 1.01. The zero-order valence-corrected chi connectivity index (χ0v) is 14.4. The Kier molecular flexibility index (Phi) is 5.71. The third-order valence-corrected chi connectivity index (χ3v) is 5.55. The van der Waals surface area contributed by atoms with Gasteiger partial charge in [0.2, 0.25) is 0 Å². The topological polar surface area (TPSA) is 32.3 Å². The fourth-order valence-corrected chi connectivity index (χ4v) is 4.09. The quantitative estimate of drug-likeness (QED) is 0.917. The summed E-state index contributed by atoms with van der Waals surface area (Å²) in [7, 11) is 0. The number of nitrogens with zero attached hydrogens (tertiary/aromatic N) is 1. The smallest absolute Gasteiger partial charge is 0.251 e. The number of nitrogens with one attached hydrogen (secondary N) is 1. The Bertz CT molecular complexity index is 514. The zero-order chi connectivity index (χ0) is 16.1. The van der Waals surface area contributed by atoms with Gasteiger partial charge in [-0.15, -0.1) is 0 Å². The maximum atomic E-state index is 12.4. The lowest BCUT2D eigenvalue weighted by Gasteiger charge is -2.35. The second kappa shape index (κ2) is 7.96. The molecule has 0 unspecified atom stereocenters. The second-order valence-corrected chi connectivity index (χ2v) is 7.37.